The molecule has 60 valence electrons. The molecule has 0 spiro atoms. The maximum Gasteiger partial charge on any atom is 0.151 e. The second-order valence-electron chi connectivity index (χ2n) is 2.27. The quantitative estimate of drug-likeness (QED) is 0.688. The number of hydrogen-bond acceptors (Lipinski definition) is 3. The van der Waals surface area contributed by atoms with Crippen molar-refractivity contribution in [2.24, 2.45) is 0 Å². The SMILES string of the molecule is O=Cc1cnn2ncc(Br)c2c1. The molecular weight excluding hydrogens is 222 g/mol. The Morgan fingerprint density at radius 1 is 1.42 bits per heavy atom. The van der Waals surface area contributed by atoms with E-state index in [1.54, 1.807) is 12.3 Å². The van der Waals surface area contributed by atoms with Crippen LogP contribution in [0.1, 0.15) is 10.4 Å². The van der Waals surface area contributed by atoms with E-state index in [9.17, 15) is 4.79 Å². The van der Waals surface area contributed by atoms with Crippen molar-refractivity contribution in [1.82, 2.24) is 14.8 Å². The minimum absolute atomic E-state index is 0.545. The molecule has 2 aromatic rings. The van der Waals surface area contributed by atoms with Gasteiger partial charge >= 0.3 is 0 Å². The fourth-order valence-corrected chi connectivity index (χ4v) is 1.29. The highest BCUT2D eigenvalue weighted by Gasteiger charge is 2.01. The Bertz CT molecular complexity index is 437. The Morgan fingerprint density at radius 3 is 2.92 bits per heavy atom. The fourth-order valence-electron chi connectivity index (χ4n) is 0.929. The molecule has 0 atom stereocenters. The molecule has 0 bridgehead atoms. The highest BCUT2D eigenvalue weighted by Crippen LogP contribution is 2.16. The van der Waals surface area contributed by atoms with E-state index in [0.29, 0.717) is 5.56 Å². The lowest BCUT2D eigenvalue weighted by atomic mass is 10.3. The van der Waals surface area contributed by atoms with Crippen molar-refractivity contribution in [2.45, 2.75) is 0 Å². The van der Waals surface area contributed by atoms with Crippen molar-refractivity contribution < 1.29 is 4.79 Å². The molecule has 0 unspecified atom stereocenters. The monoisotopic (exact) mass is 225 g/mol. The van der Waals surface area contributed by atoms with E-state index in [0.717, 1.165) is 16.3 Å². The highest BCUT2D eigenvalue weighted by molar-refractivity contribution is 9.10. The first-order valence-electron chi connectivity index (χ1n) is 3.26. The van der Waals surface area contributed by atoms with Gasteiger partial charge in [-0.1, -0.05) is 0 Å². The van der Waals surface area contributed by atoms with Crippen LogP contribution in [0.5, 0.6) is 0 Å². The average molecular weight is 226 g/mol. The summed E-state index contributed by atoms with van der Waals surface area (Å²) < 4.78 is 2.29. The summed E-state index contributed by atoms with van der Waals surface area (Å²) >= 11 is 3.29. The lowest BCUT2D eigenvalue weighted by Crippen LogP contribution is -1.94. The topological polar surface area (TPSA) is 47.3 Å². The minimum Gasteiger partial charge on any atom is -0.298 e. The van der Waals surface area contributed by atoms with Crippen molar-refractivity contribution in [1.29, 1.82) is 0 Å². The van der Waals surface area contributed by atoms with Crippen LogP contribution >= 0.6 is 15.9 Å². The second-order valence-corrected chi connectivity index (χ2v) is 3.13. The molecule has 12 heavy (non-hydrogen) atoms. The molecule has 2 rings (SSSR count). The van der Waals surface area contributed by atoms with Gasteiger partial charge < -0.3 is 0 Å². The third-order valence-corrected chi connectivity index (χ3v) is 2.11. The predicted molar refractivity (Wildman–Crippen MR) is 46.1 cm³/mol. The van der Waals surface area contributed by atoms with Gasteiger partial charge in [0.05, 0.1) is 16.9 Å². The average Bonchev–Trinajstić information content (AvgIpc) is 2.47. The molecule has 0 amide bonds. The number of carbonyl (C=O) groups is 1. The zero-order valence-corrected chi connectivity index (χ0v) is 7.52. The zero-order chi connectivity index (χ0) is 8.55. The molecule has 0 aliphatic rings. The molecule has 0 saturated carbocycles. The van der Waals surface area contributed by atoms with Gasteiger partial charge in [-0.2, -0.15) is 14.8 Å². The number of aromatic nitrogens is 3. The summed E-state index contributed by atoms with van der Waals surface area (Å²) in [5, 5.41) is 7.85. The fraction of sp³-hybridized carbons (Fsp3) is 0. The van der Waals surface area contributed by atoms with Gasteiger partial charge in [0.2, 0.25) is 0 Å². The molecule has 0 aliphatic heterocycles. The largest absolute Gasteiger partial charge is 0.298 e. The van der Waals surface area contributed by atoms with Gasteiger partial charge in [-0.15, -0.1) is 0 Å². The summed E-state index contributed by atoms with van der Waals surface area (Å²) in [6.07, 6.45) is 3.86. The Kier molecular flexibility index (Phi) is 1.65. The molecule has 0 aromatic carbocycles. The normalized spacial score (nSPS) is 10.4. The van der Waals surface area contributed by atoms with Crippen LogP contribution in [0.25, 0.3) is 5.52 Å². The van der Waals surface area contributed by atoms with Crippen LogP contribution in [-0.4, -0.2) is 21.1 Å². The first-order chi connectivity index (χ1) is 5.81. The van der Waals surface area contributed by atoms with E-state index < -0.39 is 0 Å². The van der Waals surface area contributed by atoms with Crippen LogP contribution in [-0.2, 0) is 0 Å². The minimum atomic E-state index is 0.545. The Morgan fingerprint density at radius 2 is 2.17 bits per heavy atom. The van der Waals surface area contributed by atoms with Gasteiger partial charge in [-0.25, -0.2) is 0 Å². The number of fused-ring (bicyclic) bond motifs is 1. The third kappa shape index (κ3) is 1.02. The smallest absolute Gasteiger partial charge is 0.151 e. The van der Waals surface area contributed by atoms with Gasteiger partial charge in [0.15, 0.2) is 6.29 Å². The standard InChI is InChI=1S/C7H4BrN3O/c8-6-3-10-11-7(6)1-5(4-12)2-9-11/h1-4H. The lowest BCUT2D eigenvalue weighted by Gasteiger charge is -1.92. The highest BCUT2D eigenvalue weighted by atomic mass is 79.9. The van der Waals surface area contributed by atoms with E-state index in [4.69, 9.17) is 0 Å². The van der Waals surface area contributed by atoms with Crippen molar-refractivity contribution in [2.75, 3.05) is 0 Å². The molecule has 0 saturated heterocycles. The second kappa shape index (κ2) is 2.67. The van der Waals surface area contributed by atoms with E-state index >= 15 is 0 Å². The Hall–Kier alpha value is -1.23. The first kappa shape index (κ1) is 7.42. The van der Waals surface area contributed by atoms with Gasteiger partial charge in [0.25, 0.3) is 0 Å². The molecule has 2 heterocycles. The first-order valence-corrected chi connectivity index (χ1v) is 4.05. The summed E-state index contributed by atoms with van der Waals surface area (Å²) in [5.74, 6) is 0. The van der Waals surface area contributed by atoms with E-state index in [1.807, 2.05) is 0 Å². The van der Waals surface area contributed by atoms with Crippen molar-refractivity contribution in [3.05, 3.63) is 28.5 Å². The number of rotatable bonds is 1. The molecule has 0 radical (unpaired) electrons. The Labute approximate surface area is 76.3 Å². The van der Waals surface area contributed by atoms with Crippen molar-refractivity contribution in [3.63, 3.8) is 0 Å². The van der Waals surface area contributed by atoms with Gasteiger partial charge in [-0.05, 0) is 22.0 Å². The lowest BCUT2D eigenvalue weighted by molar-refractivity contribution is 0.112. The summed E-state index contributed by atoms with van der Waals surface area (Å²) in [7, 11) is 0. The molecule has 0 fully saturated rings. The van der Waals surface area contributed by atoms with Gasteiger partial charge in [-0.3, -0.25) is 4.79 Å². The molecule has 5 heteroatoms. The molecule has 2 aromatic heterocycles. The number of nitrogens with zero attached hydrogens (tertiary/aromatic N) is 3. The van der Waals surface area contributed by atoms with E-state index in [-0.39, 0.29) is 0 Å². The molecular formula is C7H4BrN3O. The summed E-state index contributed by atoms with van der Waals surface area (Å²) in [6.45, 7) is 0. The van der Waals surface area contributed by atoms with Crippen LogP contribution < -0.4 is 0 Å². The van der Waals surface area contributed by atoms with Crippen LogP contribution in [0, 0.1) is 0 Å². The number of carbonyl (C=O) groups excluding carboxylic acids is 1. The third-order valence-electron chi connectivity index (χ3n) is 1.50. The molecule has 0 aliphatic carbocycles. The van der Waals surface area contributed by atoms with Crippen LogP contribution in [0.3, 0.4) is 0 Å². The number of halogens is 1. The number of hydrogen-bond donors (Lipinski definition) is 0. The number of aldehydes is 1. The van der Waals surface area contributed by atoms with Crippen molar-refractivity contribution in [3.8, 4) is 0 Å². The van der Waals surface area contributed by atoms with Crippen molar-refractivity contribution >= 4 is 27.7 Å². The summed E-state index contributed by atoms with van der Waals surface area (Å²) in [6, 6.07) is 1.72. The van der Waals surface area contributed by atoms with E-state index in [1.165, 1.54) is 10.8 Å². The summed E-state index contributed by atoms with van der Waals surface area (Å²) in [5.41, 5.74) is 1.34. The molecule has 4 nitrogen and oxygen atoms in total. The maximum atomic E-state index is 10.4. The van der Waals surface area contributed by atoms with Crippen LogP contribution in [0.4, 0.5) is 0 Å². The van der Waals surface area contributed by atoms with Crippen LogP contribution in [0.15, 0.2) is 22.9 Å². The van der Waals surface area contributed by atoms with Gasteiger partial charge in [0, 0.05) is 5.56 Å². The van der Waals surface area contributed by atoms with Crippen LogP contribution in [0.2, 0.25) is 0 Å². The maximum absolute atomic E-state index is 10.4. The summed E-state index contributed by atoms with van der Waals surface area (Å²) in [4.78, 5) is 10.4. The Balaban J connectivity index is 2.79. The predicted octanol–water partition coefficient (Wildman–Crippen LogP) is 1.30. The van der Waals surface area contributed by atoms with Gasteiger partial charge in [0.1, 0.15) is 5.52 Å². The zero-order valence-electron chi connectivity index (χ0n) is 5.94. The molecule has 0 N–H and O–H groups in total. The van der Waals surface area contributed by atoms with E-state index in [2.05, 4.69) is 26.1 Å².